The van der Waals surface area contributed by atoms with Crippen LogP contribution in [0.1, 0.15) is 18.4 Å². The average Bonchev–Trinajstić information content (AvgIpc) is 3.32. The number of hydrogen-bond acceptors (Lipinski definition) is 5. The molecule has 0 saturated carbocycles. The summed E-state index contributed by atoms with van der Waals surface area (Å²) in [7, 11) is -3.34. The second kappa shape index (κ2) is 6.74. The van der Waals surface area contributed by atoms with Gasteiger partial charge in [-0.3, -0.25) is 4.98 Å². The van der Waals surface area contributed by atoms with Crippen LogP contribution in [0.3, 0.4) is 0 Å². The highest BCUT2D eigenvalue weighted by molar-refractivity contribution is 7.89. The maximum atomic E-state index is 12.5. The number of anilines is 1. The molecule has 0 unspecified atom stereocenters. The Bertz CT molecular complexity index is 975. The Morgan fingerprint density at radius 1 is 1.08 bits per heavy atom. The smallest absolute Gasteiger partial charge is 0.243 e. The Morgan fingerprint density at radius 2 is 1.84 bits per heavy atom. The molecule has 1 aromatic carbocycles. The van der Waals surface area contributed by atoms with Gasteiger partial charge in [-0.05, 0) is 48.1 Å². The van der Waals surface area contributed by atoms with Crippen molar-refractivity contribution in [1.82, 2.24) is 9.29 Å². The molecule has 0 atom stereocenters. The fourth-order valence-corrected chi connectivity index (χ4v) is 5.43. The fourth-order valence-electron chi connectivity index (χ4n) is 3.07. The lowest BCUT2D eigenvalue weighted by Crippen LogP contribution is -2.27. The summed E-state index contributed by atoms with van der Waals surface area (Å²) >= 11 is 1.66. The van der Waals surface area contributed by atoms with E-state index in [1.165, 1.54) is 0 Å². The molecule has 0 spiro atoms. The molecule has 2 aromatic heterocycles. The van der Waals surface area contributed by atoms with Crippen LogP contribution < -0.4 is 5.32 Å². The van der Waals surface area contributed by atoms with E-state index in [2.05, 4.69) is 10.3 Å². The van der Waals surface area contributed by atoms with Crippen molar-refractivity contribution in [3.05, 3.63) is 53.5 Å². The van der Waals surface area contributed by atoms with Gasteiger partial charge in [0.05, 0.1) is 20.8 Å². The van der Waals surface area contributed by atoms with E-state index in [1.54, 1.807) is 34.0 Å². The fraction of sp³-hybridized carbons (Fsp3) is 0.278. The van der Waals surface area contributed by atoms with Gasteiger partial charge in [0.25, 0.3) is 0 Å². The molecule has 7 heteroatoms. The van der Waals surface area contributed by atoms with E-state index in [4.69, 9.17) is 0 Å². The molecular weight excluding hydrogens is 354 g/mol. The first kappa shape index (κ1) is 16.5. The van der Waals surface area contributed by atoms with Crippen molar-refractivity contribution >= 4 is 37.3 Å². The first-order valence-corrected chi connectivity index (χ1v) is 10.6. The van der Waals surface area contributed by atoms with Crippen LogP contribution in [0.4, 0.5) is 5.69 Å². The molecular formula is C18H19N3O2S2. The third-order valence-corrected chi connectivity index (χ3v) is 7.30. The number of sulfonamides is 1. The monoisotopic (exact) mass is 373 g/mol. The van der Waals surface area contributed by atoms with Gasteiger partial charge in [-0.2, -0.15) is 4.31 Å². The van der Waals surface area contributed by atoms with Crippen molar-refractivity contribution in [2.24, 2.45) is 0 Å². The lowest BCUT2D eigenvalue weighted by molar-refractivity contribution is 0.477. The van der Waals surface area contributed by atoms with Crippen LogP contribution in [0.2, 0.25) is 0 Å². The van der Waals surface area contributed by atoms with Crippen molar-refractivity contribution < 1.29 is 8.42 Å². The van der Waals surface area contributed by atoms with E-state index in [1.807, 2.05) is 29.6 Å². The Hall–Kier alpha value is -1.96. The summed E-state index contributed by atoms with van der Waals surface area (Å²) in [5.41, 5.74) is 3.08. The summed E-state index contributed by atoms with van der Waals surface area (Å²) in [5, 5.41) is 5.44. The van der Waals surface area contributed by atoms with Gasteiger partial charge in [-0.15, -0.1) is 11.3 Å². The predicted octanol–water partition coefficient (Wildman–Crippen LogP) is 3.69. The SMILES string of the molecule is O=S(=O)(c1ccc(CNc2ccnc3ccsc23)cc1)N1CCCC1. The number of rotatable bonds is 5. The van der Waals surface area contributed by atoms with Gasteiger partial charge in [-0.1, -0.05) is 12.1 Å². The molecule has 25 heavy (non-hydrogen) atoms. The number of nitrogens with one attached hydrogen (secondary N) is 1. The van der Waals surface area contributed by atoms with Gasteiger partial charge in [0.1, 0.15) is 0 Å². The molecule has 3 heterocycles. The number of pyridine rings is 1. The molecule has 1 saturated heterocycles. The third kappa shape index (κ3) is 3.27. The van der Waals surface area contributed by atoms with Crippen LogP contribution in [0.25, 0.3) is 10.2 Å². The quantitative estimate of drug-likeness (QED) is 0.741. The Morgan fingerprint density at radius 3 is 2.60 bits per heavy atom. The minimum absolute atomic E-state index is 0.378. The van der Waals surface area contributed by atoms with Crippen molar-refractivity contribution in [3.8, 4) is 0 Å². The van der Waals surface area contributed by atoms with E-state index >= 15 is 0 Å². The van der Waals surface area contributed by atoms with Gasteiger partial charge >= 0.3 is 0 Å². The minimum Gasteiger partial charge on any atom is -0.380 e. The van der Waals surface area contributed by atoms with Gasteiger partial charge in [-0.25, -0.2) is 8.42 Å². The summed E-state index contributed by atoms with van der Waals surface area (Å²) in [6, 6.07) is 11.1. The molecule has 130 valence electrons. The van der Waals surface area contributed by atoms with Crippen LogP contribution >= 0.6 is 11.3 Å². The number of thiophene rings is 1. The van der Waals surface area contributed by atoms with Crippen LogP contribution in [-0.4, -0.2) is 30.8 Å². The lowest BCUT2D eigenvalue weighted by Gasteiger charge is -2.15. The highest BCUT2D eigenvalue weighted by Gasteiger charge is 2.26. The zero-order valence-corrected chi connectivity index (χ0v) is 15.3. The van der Waals surface area contributed by atoms with Crippen LogP contribution in [-0.2, 0) is 16.6 Å². The molecule has 3 aromatic rings. The Labute approximate surface area is 151 Å². The Balaban J connectivity index is 1.48. The van der Waals surface area contributed by atoms with Crippen LogP contribution in [0.5, 0.6) is 0 Å². The predicted molar refractivity (Wildman–Crippen MR) is 101 cm³/mol. The van der Waals surface area contributed by atoms with Gasteiger partial charge in [0.2, 0.25) is 10.0 Å². The third-order valence-electron chi connectivity index (χ3n) is 4.45. The summed E-state index contributed by atoms with van der Waals surface area (Å²) in [4.78, 5) is 4.71. The topological polar surface area (TPSA) is 62.3 Å². The van der Waals surface area contributed by atoms with Crippen LogP contribution in [0.15, 0.2) is 52.9 Å². The van der Waals surface area contributed by atoms with Gasteiger partial charge in [0.15, 0.2) is 0 Å². The summed E-state index contributed by atoms with van der Waals surface area (Å²) in [6.45, 7) is 1.90. The zero-order valence-electron chi connectivity index (χ0n) is 13.7. The first-order valence-electron chi connectivity index (χ1n) is 8.30. The molecule has 4 rings (SSSR count). The number of aromatic nitrogens is 1. The normalized spacial score (nSPS) is 15.7. The van der Waals surface area contributed by atoms with E-state index in [0.29, 0.717) is 24.5 Å². The highest BCUT2D eigenvalue weighted by atomic mass is 32.2. The van der Waals surface area contributed by atoms with E-state index < -0.39 is 10.0 Å². The number of hydrogen-bond donors (Lipinski definition) is 1. The number of fused-ring (bicyclic) bond motifs is 1. The standard InChI is InChI=1S/C18H19N3O2S2/c22-25(23,21-10-1-2-11-21)15-5-3-14(4-6-15)13-20-16-7-9-19-17-8-12-24-18(16)17/h3-9,12H,1-2,10-11,13H2,(H,19,20). The number of benzene rings is 1. The molecule has 1 aliphatic heterocycles. The van der Waals surface area contributed by atoms with E-state index in [-0.39, 0.29) is 0 Å². The van der Waals surface area contributed by atoms with Crippen molar-refractivity contribution in [3.63, 3.8) is 0 Å². The van der Waals surface area contributed by atoms with Crippen molar-refractivity contribution in [2.75, 3.05) is 18.4 Å². The second-order valence-electron chi connectivity index (χ2n) is 6.10. The summed E-state index contributed by atoms with van der Waals surface area (Å²) in [5.74, 6) is 0. The average molecular weight is 374 g/mol. The maximum absolute atomic E-state index is 12.5. The molecule has 0 bridgehead atoms. The molecule has 0 aliphatic carbocycles. The summed E-state index contributed by atoms with van der Waals surface area (Å²) < 4.78 is 27.8. The Kier molecular flexibility index (Phi) is 4.45. The van der Waals surface area contributed by atoms with Gasteiger partial charge < -0.3 is 5.32 Å². The highest BCUT2D eigenvalue weighted by Crippen LogP contribution is 2.27. The molecule has 5 nitrogen and oxygen atoms in total. The molecule has 1 aliphatic rings. The molecule has 1 fully saturated rings. The largest absolute Gasteiger partial charge is 0.380 e. The molecule has 0 radical (unpaired) electrons. The molecule has 0 amide bonds. The lowest BCUT2D eigenvalue weighted by atomic mass is 10.2. The van der Waals surface area contributed by atoms with E-state index in [9.17, 15) is 8.42 Å². The second-order valence-corrected chi connectivity index (χ2v) is 8.96. The zero-order chi connectivity index (χ0) is 17.3. The van der Waals surface area contributed by atoms with Gasteiger partial charge in [0, 0.05) is 25.8 Å². The molecule has 1 N–H and O–H groups in total. The summed E-state index contributed by atoms with van der Waals surface area (Å²) in [6.07, 6.45) is 3.69. The number of nitrogens with zero attached hydrogens (tertiary/aromatic N) is 2. The first-order chi connectivity index (χ1) is 12.1. The van der Waals surface area contributed by atoms with Crippen molar-refractivity contribution in [1.29, 1.82) is 0 Å². The van der Waals surface area contributed by atoms with Crippen LogP contribution in [0, 0.1) is 0 Å². The van der Waals surface area contributed by atoms with Crippen molar-refractivity contribution in [2.45, 2.75) is 24.3 Å². The minimum atomic E-state index is -3.34. The van der Waals surface area contributed by atoms with E-state index in [0.717, 1.165) is 34.3 Å². The maximum Gasteiger partial charge on any atom is 0.243 e.